The zero-order valence-electron chi connectivity index (χ0n) is 24.4. The highest BCUT2D eigenvalue weighted by atomic mass is 32.2. The van der Waals surface area contributed by atoms with Crippen molar-refractivity contribution >= 4 is 53.2 Å². The van der Waals surface area contributed by atoms with Gasteiger partial charge in [-0.15, -0.1) is 0 Å². The van der Waals surface area contributed by atoms with Gasteiger partial charge in [-0.1, -0.05) is 13.8 Å². The summed E-state index contributed by atoms with van der Waals surface area (Å²) >= 11 is 1.38. The number of amides is 6. The van der Waals surface area contributed by atoms with E-state index in [4.69, 9.17) is 15.9 Å². The average molecular weight is 638 g/mol. The van der Waals surface area contributed by atoms with Crippen LogP contribution in [-0.4, -0.2) is 136 Å². The maximum Gasteiger partial charge on any atom is 0.328 e. The lowest BCUT2D eigenvalue weighted by Crippen LogP contribution is -2.57. The Bertz CT molecular complexity index is 983. The number of carboxylic acid groups (broad SMARTS) is 1. The molecule has 0 rings (SSSR count). The lowest BCUT2D eigenvalue weighted by molar-refractivity contribution is -0.143. The minimum Gasteiger partial charge on any atom is -0.480 e. The van der Waals surface area contributed by atoms with Crippen molar-refractivity contribution in [2.24, 2.45) is 11.7 Å². The molecule has 0 saturated heterocycles. The van der Waals surface area contributed by atoms with Gasteiger partial charge in [0.2, 0.25) is 35.4 Å². The number of carboxylic acids is 1. The van der Waals surface area contributed by atoms with E-state index in [1.165, 1.54) is 18.7 Å². The number of rotatable bonds is 20. The number of aliphatic carboxylic acids is 1. The van der Waals surface area contributed by atoms with Gasteiger partial charge in [-0.05, 0) is 31.3 Å². The molecule has 0 spiro atoms. The smallest absolute Gasteiger partial charge is 0.328 e. The predicted molar refractivity (Wildman–Crippen MR) is 153 cm³/mol. The molecule has 246 valence electrons. The van der Waals surface area contributed by atoms with E-state index < -0.39 is 110 Å². The number of thioether (sulfide) groups is 1. The summed E-state index contributed by atoms with van der Waals surface area (Å²) in [4.78, 5) is 85.4. The molecule has 19 heteroatoms. The number of aliphatic hydroxyl groups excluding tert-OH is 3. The standard InChI is InChI=1S/C24H43N7O11S/c1-11(2)19(23(40)30-15(10-33)24(41)42)31-17(36)8-26-20(37)13(5-6-43-4)28-16(35)7-27-21(38)14(9-32)29-22(39)18(25)12(3)34/h11-15,18-19,32-34H,5-10,25H2,1-4H3,(H,26,37)(H,27,38)(H,28,35)(H,29,39)(H,30,40)(H,31,36)(H,41,42)/t12-,13+,14+,15+,18+,19+/m1/s1. The lowest BCUT2D eigenvalue weighted by atomic mass is 10.0. The molecule has 0 aromatic rings. The molecule has 43 heavy (non-hydrogen) atoms. The van der Waals surface area contributed by atoms with Crippen LogP contribution in [0.15, 0.2) is 0 Å². The van der Waals surface area contributed by atoms with E-state index >= 15 is 0 Å². The number of hydrogen-bond donors (Lipinski definition) is 11. The molecule has 6 amide bonds. The molecule has 0 bridgehead atoms. The summed E-state index contributed by atoms with van der Waals surface area (Å²) in [5.41, 5.74) is 5.48. The van der Waals surface area contributed by atoms with Gasteiger partial charge in [-0.25, -0.2) is 4.79 Å². The SMILES string of the molecule is CSCC[C@H](NC(=O)CNC(=O)[C@H](CO)NC(=O)[C@@H](N)[C@@H](C)O)C(=O)NCC(=O)N[C@H](C(=O)N[C@@H](CO)C(=O)O)C(C)C. The third-order valence-corrected chi connectivity index (χ3v) is 6.45. The van der Waals surface area contributed by atoms with E-state index in [1.807, 2.05) is 0 Å². The number of nitrogens with one attached hydrogen (secondary N) is 6. The Labute approximate surface area is 252 Å². The third kappa shape index (κ3) is 15.0. The summed E-state index contributed by atoms with van der Waals surface area (Å²) in [5, 5.41) is 50.5. The van der Waals surface area contributed by atoms with Crippen molar-refractivity contribution in [1.82, 2.24) is 31.9 Å². The van der Waals surface area contributed by atoms with Gasteiger partial charge in [-0.2, -0.15) is 11.8 Å². The molecule has 12 N–H and O–H groups in total. The first-order valence-corrected chi connectivity index (χ1v) is 14.6. The molecule has 0 aliphatic heterocycles. The molecule has 0 radical (unpaired) electrons. The maximum atomic E-state index is 12.7. The molecular formula is C24H43N7O11S. The van der Waals surface area contributed by atoms with E-state index in [-0.39, 0.29) is 6.42 Å². The van der Waals surface area contributed by atoms with Crippen LogP contribution in [-0.2, 0) is 33.6 Å². The second kappa shape index (κ2) is 20.4. The lowest BCUT2D eigenvalue weighted by Gasteiger charge is -2.24. The Morgan fingerprint density at radius 1 is 0.721 bits per heavy atom. The Morgan fingerprint density at radius 2 is 1.21 bits per heavy atom. The van der Waals surface area contributed by atoms with Gasteiger partial charge in [0, 0.05) is 0 Å². The minimum atomic E-state index is -1.57. The van der Waals surface area contributed by atoms with Crippen LogP contribution in [0.2, 0.25) is 0 Å². The first-order chi connectivity index (χ1) is 20.1. The van der Waals surface area contributed by atoms with Gasteiger partial charge in [-0.3, -0.25) is 28.8 Å². The molecule has 0 aliphatic rings. The van der Waals surface area contributed by atoms with E-state index in [0.717, 1.165) is 0 Å². The summed E-state index contributed by atoms with van der Waals surface area (Å²) in [6.45, 7) is 1.53. The molecule has 18 nitrogen and oxygen atoms in total. The largest absolute Gasteiger partial charge is 0.480 e. The van der Waals surface area contributed by atoms with Gasteiger partial charge in [0.25, 0.3) is 0 Å². The van der Waals surface area contributed by atoms with Crippen LogP contribution in [0.1, 0.15) is 27.2 Å². The fraction of sp³-hybridized carbons (Fsp3) is 0.708. The summed E-state index contributed by atoms with van der Waals surface area (Å²) in [7, 11) is 0. The normalized spacial score (nSPS) is 15.1. The van der Waals surface area contributed by atoms with Crippen molar-refractivity contribution in [2.45, 2.75) is 63.5 Å². The molecule has 0 unspecified atom stereocenters. The van der Waals surface area contributed by atoms with Crippen molar-refractivity contribution in [2.75, 3.05) is 38.3 Å². The number of hydrogen-bond acceptors (Lipinski definition) is 12. The third-order valence-electron chi connectivity index (χ3n) is 5.81. The van der Waals surface area contributed by atoms with Gasteiger partial charge >= 0.3 is 5.97 Å². The number of carbonyl (C=O) groups excluding carboxylic acids is 6. The van der Waals surface area contributed by atoms with Gasteiger partial charge < -0.3 is 58.1 Å². The first-order valence-electron chi connectivity index (χ1n) is 13.2. The van der Waals surface area contributed by atoms with Gasteiger partial charge in [0.05, 0.1) is 32.4 Å². The molecule has 0 aliphatic carbocycles. The molecule has 0 saturated carbocycles. The monoisotopic (exact) mass is 637 g/mol. The van der Waals surface area contributed by atoms with Crippen molar-refractivity contribution in [3.63, 3.8) is 0 Å². The van der Waals surface area contributed by atoms with E-state index in [2.05, 4.69) is 31.9 Å². The Morgan fingerprint density at radius 3 is 1.65 bits per heavy atom. The molecule has 0 heterocycles. The fourth-order valence-electron chi connectivity index (χ4n) is 3.22. The van der Waals surface area contributed by atoms with Crippen LogP contribution >= 0.6 is 11.8 Å². The summed E-state index contributed by atoms with van der Waals surface area (Å²) in [6, 6.07) is -6.69. The van der Waals surface area contributed by atoms with Crippen LogP contribution in [0, 0.1) is 5.92 Å². The van der Waals surface area contributed by atoms with Crippen LogP contribution in [0.25, 0.3) is 0 Å². The Kier molecular flexibility index (Phi) is 18.7. The van der Waals surface area contributed by atoms with Crippen LogP contribution in [0.4, 0.5) is 0 Å². The summed E-state index contributed by atoms with van der Waals surface area (Å²) in [5.74, 6) is -6.51. The van der Waals surface area contributed by atoms with E-state index in [1.54, 1.807) is 20.1 Å². The summed E-state index contributed by atoms with van der Waals surface area (Å²) in [6.07, 6.45) is 0.693. The second-order valence-corrected chi connectivity index (χ2v) is 10.7. The first kappa shape index (κ1) is 39.5. The molecule has 0 aromatic heterocycles. The number of nitrogens with two attached hydrogens (primary N) is 1. The average Bonchev–Trinajstić information content (AvgIpc) is 2.95. The van der Waals surface area contributed by atoms with Crippen LogP contribution in [0.5, 0.6) is 0 Å². The zero-order chi connectivity index (χ0) is 33.3. The number of carbonyl (C=O) groups is 7. The molecule has 0 fully saturated rings. The highest BCUT2D eigenvalue weighted by molar-refractivity contribution is 7.98. The van der Waals surface area contributed by atoms with E-state index in [9.17, 15) is 43.8 Å². The minimum absolute atomic E-state index is 0.148. The zero-order valence-corrected chi connectivity index (χ0v) is 25.2. The molecule has 6 atom stereocenters. The van der Waals surface area contributed by atoms with E-state index in [0.29, 0.717) is 5.75 Å². The van der Waals surface area contributed by atoms with Gasteiger partial charge in [0.15, 0.2) is 0 Å². The highest BCUT2D eigenvalue weighted by Crippen LogP contribution is 2.04. The topological polar surface area (TPSA) is 299 Å². The Hall–Kier alpha value is -3.52. The second-order valence-electron chi connectivity index (χ2n) is 9.72. The Balaban J connectivity index is 5.10. The van der Waals surface area contributed by atoms with Crippen molar-refractivity contribution in [3.8, 4) is 0 Å². The van der Waals surface area contributed by atoms with Crippen LogP contribution < -0.4 is 37.6 Å². The molecule has 0 aromatic carbocycles. The summed E-state index contributed by atoms with van der Waals surface area (Å²) < 4.78 is 0. The van der Waals surface area contributed by atoms with Crippen molar-refractivity contribution < 1.29 is 54.0 Å². The fourth-order valence-corrected chi connectivity index (χ4v) is 3.69. The quantitative estimate of drug-likeness (QED) is 0.0594. The predicted octanol–water partition coefficient (Wildman–Crippen LogP) is -5.66. The maximum absolute atomic E-state index is 12.7. The molecular weight excluding hydrogens is 594 g/mol. The van der Waals surface area contributed by atoms with Crippen LogP contribution in [0.3, 0.4) is 0 Å². The van der Waals surface area contributed by atoms with Gasteiger partial charge in [0.1, 0.15) is 30.2 Å². The number of aliphatic hydroxyl groups is 3. The highest BCUT2D eigenvalue weighted by Gasteiger charge is 2.29. The van der Waals surface area contributed by atoms with Crippen molar-refractivity contribution in [3.05, 3.63) is 0 Å². The van der Waals surface area contributed by atoms with Crippen molar-refractivity contribution in [1.29, 1.82) is 0 Å².